The molecule has 0 bridgehead atoms. The lowest BCUT2D eigenvalue weighted by molar-refractivity contribution is 0.590. The minimum Gasteiger partial charge on any atom is -0.312 e. The van der Waals surface area contributed by atoms with Crippen molar-refractivity contribution in [3.05, 3.63) is 242 Å². The van der Waals surface area contributed by atoms with E-state index in [0.717, 1.165) is 0 Å². The predicted molar refractivity (Wildman–Crippen MR) is 415 cm³/mol. The Morgan fingerprint density at radius 1 is 0.284 bits per heavy atom. The summed E-state index contributed by atoms with van der Waals surface area (Å²) < 4.78 is 0. The van der Waals surface area contributed by atoms with Gasteiger partial charge in [-0.1, -0.05) is 167 Å². The van der Waals surface area contributed by atoms with E-state index in [-0.39, 0.29) is 31.0 Å². The molecule has 0 fully saturated rings. The predicted octanol–water partition coefficient (Wildman–Crippen LogP) is 17.6. The molecule has 466 valence electrons. The van der Waals surface area contributed by atoms with Crippen LogP contribution in [0.25, 0.3) is 0 Å². The first-order valence-corrected chi connectivity index (χ1v) is 35.9. The van der Waals surface area contributed by atoms with Gasteiger partial charge in [0.25, 0.3) is 6.71 Å². The van der Waals surface area contributed by atoms with Crippen molar-refractivity contribution >= 4 is 161 Å². The summed E-state index contributed by atoms with van der Waals surface area (Å²) in [5.41, 5.74) is 45.2. The molecule has 11 aromatic carbocycles. The molecular formula is C86H81B3N4S2. The molecular weight excluding hydrogens is 1190 g/mol. The number of hydrogen-bond donors (Lipinski definition) is 0. The van der Waals surface area contributed by atoms with Gasteiger partial charge in [-0.2, -0.15) is 0 Å². The second-order valence-corrected chi connectivity index (χ2v) is 32.9. The molecule has 95 heavy (non-hydrogen) atoms. The van der Waals surface area contributed by atoms with Crippen molar-refractivity contribution in [2.75, 3.05) is 19.6 Å². The summed E-state index contributed by atoms with van der Waals surface area (Å²) in [6.45, 7) is 41.5. The third kappa shape index (κ3) is 8.86. The molecule has 0 aliphatic carbocycles. The summed E-state index contributed by atoms with van der Waals surface area (Å²) in [5.74, 6) is 0. The molecule has 0 aromatic heterocycles. The van der Waals surface area contributed by atoms with Crippen LogP contribution < -0.4 is 68.8 Å². The third-order valence-electron chi connectivity index (χ3n) is 22.5. The highest BCUT2D eigenvalue weighted by Gasteiger charge is 2.55. The molecule has 0 unspecified atom stereocenters. The lowest BCUT2D eigenvalue weighted by Crippen LogP contribution is -2.72. The van der Waals surface area contributed by atoms with Crippen molar-refractivity contribution in [2.45, 2.75) is 155 Å². The van der Waals surface area contributed by atoms with Crippen LogP contribution >= 0.6 is 23.5 Å². The molecule has 9 heteroatoms. The third-order valence-corrected chi connectivity index (χ3v) is 24.8. The van der Waals surface area contributed by atoms with Crippen LogP contribution in [0.2, 0.25) is 0 Å². The molecule has 17 rings (SSSR count). The largest absolute Gasteiger partial charge is 0.312 e. The van der Waals surface area contributed by atoms with Crippen molar-refractivity contribution < 1.29 is 0 Å². The van der Waals surface area contributed by atoms with Crippen molar-refractivity contribution in [2.24, 2.45) is 0 Å². The molecule has 6 heterocycles. The number of anilines is 12. The van der Waals surface area contributed by atoms with E-state index >= 15 is 0 Å². The monoisotopic (exact) mass is 1270 g/mol. The van der Waals surface area contributed by atoms with Gasteiger partial charge in [0, 0.05) is 87.8 Å². The van der Waals surface area contributed by atoms with Gasteiger partial charge < -0.3 is 19.6 Å². The maximum atomic E-state index is 2.81. The van der Waals surface area contributed by atoms with Crippen LogP contribution in [0.15, 0.2) is 183 Å². The standard InChI is InChI=1S/C86H81B3N4S2/c1-46-31-54(9)68(35-50(46)5)90(69-36-51(6)47(2)32-55(69)10)60-41-74-80-78(43-60)94-76-25-21-19-23-64(76)88(80)66-45-67-84-82-83(66)92(74)72-39-58(85(13,14)15)27-29-62(72)87(82)63-30-28-59(86(16,17)18)40-73(63)93(84)75-42-61(44-79-81(75)89(67)65-24-20-22-26-77(65)95-79)91(70-37-52(7)48(3)33-56(70)11)71-38-53(8)49(4)34-57(71)12/h19-45H,1-18H3. The van der Waals surface area contributed by atoms with Gasteiger partial charge in [0.15, 0.2) is 0 Å². The van der Waals surface area contributed by atoms with Crippen LogP contribution in [0.3, 0.4) is 0 Å². The number of fused-ring (bicyclic) bond motifs is 14. The number of rotatable bonds is 6. The van der Waals surface area contributed by atoms with E-state index in [2.05, 4.69) is 308 Å². The Labute approximate surface area is 573 Å². The first kappa shape index (κ1) is 60.2. The fourth-order valence-electron chi connectivity index (χ4n) is 17.0. The zero-order valence-corrected chi connectivity index (χ0v) is 60.1. The fraction of sp³-hybridized carbons (Fsp3) is 0.233. The number of benzene rings is 11. The summed E-state index contributed by atoms with van der Waals surface area (Å²) in [6, 6.07) is 66.4. The molecule has 0 amide bonds. The van der Waals surface area contributed by atoms with E-state index in [9.17, 15) is 0 Å². The van der Waals surface area contributed by atoms with Gasteiger partial charge in [-0.3, -0.25) is 0 Å². The Balaban J connectivity index is 1.02. The highest BCUT2D eigenvalue weighted by atomic mass is 32.2. The number of nitrogens with zero attached hydrogens (tertiary/aromatic N) is 4. The van der Waals surface area contributed by atoms with Crippen LogP contribution in [-0.2, 0) is 10.8 Å². The van der Waals surface area contributed by atoms with E-state index in [1.807, 2.05) is 23.5 Å². The second-order valence-electron chi connectivity index (χ2n) is 30.8. The molecule has 0 radical (unpaired) electrons. The fourth-order valence-corrected chi connectivity index (χ4v) is 19.4. The second kappa shape index (κ2) is 21.0. The molecule has 6 aliphatic heterocycles. The lowest BCUT2D eigenvalue weighted by atomic mass is 9.26. The first-order chi connectivity index (χ1) is 45.3. The number of aryl methyl sites for hydroxylation is 12. The normalized spacial score (nSPS) is 14.0. The lowest BCUT2D eigenvalue weighted by Gasteiger charge is -2.52. The van der Waals surface area contributed by atoms with Crippen molar-refractivity contribution in [1.82, 2.24) is 0 Å². The van der Waals surface area contributed by atoms with E-state index in [0.29, 0.717) is 0 Å². The van der Waals surface area contributed by atoms with Crippen LogP contribution in [0.4, 0.5) is 68.2 Å². The molecule has 0 saturated carbocycles. The highest BCUT2D eigenvalue weighted by Crippen LogP contribution is 2.54. The maximum Gasteiger partial charge on any atom is 0.252 e. The Hall–Kier alpha value is -8.49. The minimum atomic E-state index is -0.116. The zero-order chi connectivity index (χ0) is 66.1. The Morgan fingerprint density at radius 3 is 0.958 bits per heavy atom. The highest BCUT2D eigenvalue weighted by molar-refractivity contribution is 8.00. The van der Waals surface area contributed by atoms with Gasteiger partial charge >= 0.3 is 0 Å². The smallest absolute Gasteiger partial charge is 0.252 e. The summed E-state index contributed by atoms with van der Waals surface area (Å²) in [6.07, 6.45) is 0. The topological polar surface area (TPSA) is 13.0 Å². The van der Waals surface area contributed by atoms with Crippen molar-refractivity contribution in [1.29, 1.82) is 0 Å². The molecule has 0 saturated heterocycles. The quantitative estimate of drug-likeness (QED) is 0.153. The Bertz CT molecular complexity index is 4820. The van der Waals surface area contributed by atoms with Gasteiger partial charge in [-0.15, -0.1) is 0 Å². The molecule has 6 aliphatic rings. The minimum absolute atomic E-state index is 0.0435. The molecule has 4 nitrogen and oxygen atoms in total. The van der Waals surface area contributed by atoms with E-state index in [1.165, 1.54) is 215 Å². The van der Waals surface area contributed by atoms with Crippen LogP contribution in [0.5, 0.6) is 0 Å². The first-order valence-electron chi connectivity index (χ1n) is 34.2. The summed E-state index contributed by atoms with van der Waals surface area (Å²) in [7, 11) is 0. The van der Waals surface area contributed by atoms with Crippen molar-refractivity contribution in [3.63, 3.8) is 0 Å². The summed E-state index contributed by atoms with van der Waals surface area (Å²) >= 11 is 3.92. The number of hydrogen-bond acceptors (Lipinski definition) is 6. The van der Waals surface area contributed by atoms with E-state index < -0.39 is 0 Å². The van der Waals surface area contributed by atoms with Crippen molar-refractivity contribution in [3.8, 4) is 0 Å². The Morgan fingerprint density at radius 2 is 0.611 bits per heavy atom. The van der Waals surface area contributed by atoms with Gasteiger partial charge in [-0.05, 0) is 283 Å². The van der Waals surface area contributed by atoms with E-state index in [1.54, 1.807) is 0 Å². The van der Waals surface area contributed by atoms with Gasteiger partial charge in [0.05, 0.1) is 0 Å². The molecule has 0 spiro atoms. The van der Waals surface area contributed by atoms with Crippen LogP contribution in [0, 0.1) is 83.1 Å². The molecule has 0 atom stereocenters. The molecule has 11 aromatic rings. The summed E-state index contributed by atoms with van der Waals surface area (Å²) in [4.78, 5) is 16.1. The Kier molecular flexibility index (Phi) is 13.3. The van der Waals surface area contributed by atoms with Crippen LogP contribution in [-0.4, -0.2) is 20.1 Å². The summed E-state index contributed by atoms with van der Waals surface area (Å²) in [5, 5.41) is 0. The average molecular weight is 1270 g/mol. The zero-order valence-electron chi connectivity index (χ0n) is 58.4. The maximum absolute atomic E-state index is 2.81. The van der Waals surface area contributed by atoms with Gasteiger partial charge in [0.1, 0.15) is 0 Å². The van der Waals surface area contributed by atoms with Crippen LogP contribution in [0.1, 0.15) is 119 Å². The van der Waals surface area contributed by atoms with Gasteiger partial charge in [0.2, 0.25) is 13.4 Å². The SMILES string of the molecule is Cc1cc(C)c(N(c2cc3c4c(c2)N2c5cc(C(C)(C)C)ccc5B5c6ccc(C(C)(C)C)cc6N6c7cc(N(c8cc(C)c(C)cc8C)c8cc(C)c(C)cc8C)cc8c7B(c7ccccc7S8)c7cc(c2c5c76)B4c2ccccc2S3)c2cc(C)c(C)cc2C)cc1C. The average Bonchev–Trinajstić information content (AvgIpc) is 0.661. The van der Waals surface area contributed by atoms with E-state index in [4.69, 9.17) is 0 Å². The molecule has 0 N–H and O–H groups in total. The van der Waals surface area contributed by atoms with Gasteiger partial charge in [-0.25, -0.2) is 0 Å².